The molecule has 0 radical (unpaired) electrons. The molecule has 0 aliphatic heterocycles. The zero-order valence-electron chi connectivity index (χ0n) is 13.1. The van der Waals surface area contributed by atoms with Crippen LogP contribution in [0.1, 0.15) is 20.8 Å². The number of anilines is 2. The van der Waals surface area contributed by atoms with E-state index in [4.69, 9.17) is 5.73 Å². The summed E-state index contributed by atoms with van der Waals surface area (Å²) in [5.41, 5.74) is 6.56. The molecule has 0 spiro atoms. The Hall–Kier alpha value is -2.41. The smallest absolute Gasteiger partial charge is 0.279 e. The zero-order valence-corrected chi connectivity index (χ0v) is 13.1. The molecule has 7 nitrogen and oxygen atoms in total. The molecule has 2 atom stereocenters. The molecule has 3 amide bonds. The molecule has 1 aromatic rings. The van der Waals surface area contributed by atoms with Crippen molar-refractivity contribution in [3.8, 4) is 0 Å². The largest absolute Gasteiger partial charge is 0.365 e. The average Bonchev–Trinajstić information content (AvgIpc) is 2.45. The van der Waals surface area contributed by atoms with E-state index in [-0.39, 0.29) is 18.4 Å². The highest BCUT2D eigenvalue weighted by molar-refractivity contribution is 5.92. The lowest BCUT2D eigenvalue weighted by atomic mass is 10.2. The number of nitrogens with one attached hydrogen (secondary N) is 3. The van der Waals surface area contributed by atoms with Crippen molar-refractivity contribution in [3.63, 3.8) is 0 Å². The Balaban J connectivity index is 2.60. The van der Waals surface area contributed by atoms with Crippen molar-refractivity contribution in [2.45, 2.75) is 26.8 Å². The number of hydrogen-bond acceptors (Lipinski definition) is 3. The number of rotatable bonds is 7. The number of primary amides is 1. The molecule has 22 heavy (non-hydrogen) atoms. The Labute approximate surface area is 129 Å². The fourth-order valence-corrected chi connectivity index (χ4v) is 2.04. The third-order valence-corrected chi connectivity index (χ3v) is 3.37. The van der Waals surface area contributed by atoms with Gasteiger partial charge in [0.15, 0.2) is 12.6 Å². The SMILES string of the molecule is CC[NH+](CC(=O)Nc1ccc(NC(C)=O)cc1)[C@H](C)C(N)=O. The van der Waals surface area contributed by atoms with Gasteiger partial charge in [-0.15, -0.1) is 0 Å². The van der Waals surface area contributed by atoms with Crippen LogP contribution < -0.4 is 21.3 Å². The lowest BCUT2D eigenvalue weighted by molar-refractivity contribution is -0.904. The third kappa shape index (κ3) is 5.53. The Morgan fingerprint density at radius 2 is 1.64 bits per heavy atom. The molecule has 120 valence electrons. The summed E-state index contributed by atoms with van der Waals surface area (Å²) in [4.78, 5) is 35.0. The number of carbonyl (C=O) groups excluding carboxylic acids is 3. The highest BCUT2D eigenvalue weighted by Crippen LogP contribution is 2.13. The molecule has 7 heteroatoms. The van der Waals surface area contributed by atoms with Crippen molar-refractivity contribution in [2.24, 2.45) is 5.73 Å². The van der Waals surface area contributed by atoms with Gasteiger partial charge in [0.1, 0.15) is 0 Å². The minimum Gasteiger partial charge on any atom is -0.365 e. The van der Waals surface area contributed by atoms with Gasteiger partial charge >= 0.3 is 0 Å². The molecule has 0 aliphatic rings. The summed E-state index contributed by atoms with van der Waals surface area (Å²) in [6, 6.07) is 6.39. The van der Waals surface area contributed by atoms with Gasteiger partial charge in [-0.2, -0.15) is 0 Å². The van der Waals surface area contributed by atoms with E-state index < -0.39 is 11.9 Å². The predicted octanol–water partition coefficient (Wildman–Crippen LogP) is -0.638. The van der Waals surface area contributed by atoms with Gasteiger partial charge < -0.3 is 21.3 Å². The highest BCUT2D eigenvalue weighted by Gasteiger charge is 2.23. The van der Waals surface area contributed by atoms with E-state index in [0.717, 1.165) is 4.90 Å². The summed E-state index contributed by atoms with van der Waals surface area (Å²) in [5.74, 6) is -0.777. The van der Waals surface area contributed by atoms with Crippen LogP contribution in [0, 0.1) is 0 Å². The van der Waals surface area contributed by atoms with Gasteiger partial charge in [-0.25, -0.2) is 0 Å². The van der Waals surface area contributed by atoms with Crippen molar-refractivity contribution in [3.05, 3.63) is 24.3 Å². The first-order chi connectivity index (χ1) is 10.3. The second-order valence-corrected chi connectivity index (χ2v) is 5.12. The fourth-order valence-electron chi connectivity index (χ4n) is 2.04. The van der Waals surface area contributed by atoms with E-state index >= 15 is 0 Å². The first-order valence-corrected chi connectivity index (χ1v) is 7.14. The average molecular weight is 307 g/mol. The number of amides is 3. The summed E-state index contributed by atoms with van der Waals surface area (Å²) in [6.45, 7) is 5.81. The van der Waals surface area contributed by atoms with Crippen LogP contribution in [0.4, 0.5) is 11.4 Å². The molecule has 0 aliphatic carbocycles. The topological polar surface area (TPSA) is 106 Å². The molecule has 0 aromatic heterocycles. The highest BCUT2D eigenvalue weighted by atomic mass is 16.2. The summed E-state index contributed by atoms with van der Waals surface area (Å²) < 4.78 is 0. The van der Waals surface area contributed by atoms with E-state index in [2.05, 4.69) is 10.6 Å². The normalized spacial score (nSPS) is 13.0. The molecule has 0 bridgehead atoms. The van der Waals surface area contributed by atoms with Crippen LogP contribution in [-0.2, 0) is 14.4 Å². The molecule has 0 heterocycles. The van der Waals surface area contributed by atoms with Crippen molar-refractivity contribution in [2.75, 3.05) is 23.7 Å². The van der Waals surface area contributed by atoms with Crippen molar-refractivity contribution in [1.82, 2.24) is 0 Å². The van der Waals surface area contributed by atoms with Crippen LogP contribution in [0.5, 0.6) is 0 Å². The Morgan fingerprint density at radius 3 is 2.05 bits per heavy atom. The quantitative estimate of drug-likeness (QED) is 0.538. The van der Waals surface area contributed by atoms with Gasteiger partial charge in [0.2, 0.25) is 5.91 Å². The van der Waals surface area contributed by atoms with Gasteiger partial charge in [0, 0.05) is 18.3 Å². The van der Waals surface area contributed by atoms with E-state index in [1.54, 1.807) is 31.2 Å². The van der Waals surface area contributed by atoms with Crippen LogP contribution in [0.3, 0.4) is 0 Å². The lowest BCUT2D eigenvalue weighted by Gasteiger charge is -2.21. The lowest BCUT2D eigenvalue weighted by Crippen LogP contribution is -3.17. The van der Waals surface area contributed by atoms with Gasteiger partial charge in [-0.1, -0.05) is 0 Å². The minimum absolute atomic E-state index is 0.153. The Bertz CT molecular complexity index is 542. The molecule has 0 saturated heterocycles. The maximum absolute atomic E-state index is 12.0. The maximum atomic E-state index is 12.0. The first kappa shape index (κ1) is 17.6. The monoisotopic (exact) mass is 307 g/mol. The van der Waals surface area contributed by atoms with Crippen LogP contribution in [0.2, 0.25) is 0 Å². The molecule has 1 unspecified atom stereocenters. The van der Waals surface area contributed by atoms with E-state index in [1.807, 2.05) is 6.92 Å². The van der Waals surface area contributed by atoms with Crippen molar-refractivity contribution in [1.29, 1.82) is 0 Å². The van der Waals surface area contributed by atoms with Crippen LogP contribution >= 0.6 is 0 Å². The van der Waals surface area contributed by atoms with Crippen molar-refractivity contribution >= 4 is 29.1 Å². The standard InChI is InChI=1S/C15H22N4O3/c1-4-19(10(2)15(16)22)9-14(21)18-13-7-5-12(6-8-13)17-11(3)20/h5-8,10H,4,9H2,1-3H3,(H2,16,22)(H,17,20)(H,18,21)/p+1/t10-/m1/s1. The molecule has 1 aromatic carbocycles. The third-order valence-electron chi connectivity index (χ3n) is 3.37. The van der Waals surface area contributed by atoms with Crippen LogP contribution in [0.15, 0.2) is 24.3 Å². The molecule has 0 saturated carbocycles. The van der Waals surface area contributed by atoms with Crippen molar-refractivity contribution < 1.29 is 19.3 Å². The first-order valence-electron chi connectivity index (χ1n) is 7.14. The van der Waals surface area contributed by atoms with Crippen LogP contribution in [0.25, 0.3) is 0 Å². The predicted molar refractivity (Wildman–Crippen MR) is 84.4 cm³/mol. The summed E-state index contributed by atoms with van der Waals surface area (Å²) in [5, 5.41) is 5.40. The molecular formula is C15H23N4O3+. The second-order valence-electron chi connectivity index (χ2n) is 5.12. The summed E-state index contributed by atoms with van der Waals surface area (Å²) in [7, 11) is 0. The maximum Gasteiger partial charge on any atom is 0.279 e. The Kier molecular flexibility index (Phi) is 6.52. The van der Waals surface area contributed by atoms with E-state index in [0.29, 0.717) is 17.9 Å². The number of likely N-dealkylation sites (N-methyl/N-ethyl adjacent to an activating group) is 1. The molecule has 5 N–H and O–H groups in total. The number of benzene rings is 1. The summed E-state index contributed by atoms with van der Waals surface area (Å²) >= 11 is 0. The number of carbonyl (C=O) groups is 3. The molecular weight excluding hydrogens is 284 g/mol. The van der Waals surface area contributed by atoms with E-state index in [9.17, 15) is 14.4 Å². The fraction of sp³-hybridized carbons (Fsp3) is 0.400. The van der Waals surface area contributed by atoms with Gasteiger partial charge in [-0.05, 0) is 38.1 Å². The van der Waals surface area contributed by atoms with Gasteiger partial charge in [0.25, 0.3) is 11.8 Å². The van der Waals surface area contributed by atoms with E-state index in [1.165, 1.54) is 6.92 Å². The van der Waals surface area contributed by atoms with Gasteiger partial charge in [-0.3, -0.25) is 14.4 Å². The van der Waals surface area contributed by atoms with Crippen LogP contribution in [-0.4, -0.2) is 36.9 Å². The number of nitrogens with two attached hydrogens (primary N) is 1. The summed E-state index contributed by atoms with van der Waals surface area (Å²) in [6.07, 6.45) is 0. The zero-order chi connectivity index (χ0) is 16.7. The number of hydrogen-bond donors (Lipinski definition) is 4. The van der Waals surface area contributed by atoms with Gasteiger partial charge in [0.05, 0.1) is 6.54 Å². The molecule has 0 fully saturated rings. The molecule has 1 rings (SSSR count). The second kappa shape index (κ2) is 8.14. The number of quaternary nitrogens is 1. The Morgan fingerprint density at radius 1 is 1.14 bits per heavy atom. The minimum atomic E-state index is -0.427.